The highest BCUT2D eigenvalue weighted by Crippen LogP contribution is 2.10. The molecule has 0 aliphatic heterocycles. The molecule has 0 spiro atoms. The highest BCUT2D eigenvalue weighted by Gasteiger charge is 2.09. The lowest BCUT2D eigenvalue weighted by atomic mass is 10.2. The zero-order valence-corrected chi connectivity index (χ0v) is 32.9. The van der Waals surface area contributed by atoms with Gasteiger partial charge in [-0.1, -0.05) is 83.4 Å². The first-order chi connectivity index (χ1) is 25.3. The number of esters is 1. The largest absolute Gasteiger partial charge is 0.460 e. The molecule has 298 valence electrons. The molecule has 4 aromatic rings. The van der Waals surface area contributed by atoms with E-state index in [1.54, 1.807) is 36.4 Å². The maximum atomic E-state index is 11.6. The Hall–Kier alpha value is -4.08. The third kappa shape index (κ3) is 21.6. The molecule has 0 saturated carbocycles. The molecule has 0 bridgehead atoms. The zero-order chi connectivity index (χ0) is 40.8. The van der Waals surface area contributed by atoms with Crippen LogP contribution in [0.25, 0.3) is 0 Å². The fourth-order valence-corrected chi connectivity index (χ4v) is 5.49. The Morgan fingerprint density at radius 2 is 0.944 bits per heavy atom. The Morgan fingerprint density at radius 1 is 0.593 bits per heavy atom. The van der Waals surface area contributed by atoms with Crippen LogP contribution < -0.4 is 16.8 Å². The molecule has 18 heteroatoms. The molecule has 0 aliphatic carbocycles. The monoisotopic (exact) mass is 810 g/mol. The van der Waals surface area contributed by atoms with Crippen molar-refractivity contribution in [3.63, 3.8) is 0 Å². The zero-order valence-electron chi connectivity index (χ0n) is 30.4. The molecule has 8 N–H and O–H groups in total. The first-order valence-corrected chi connectivity index (χ1v) is 20.7. The van der Waals surface area contributed by atoms with Gasteiger partial charge in [0, 0.05) is 39.3 Å². The Bertz CT molecular complexity index is 1820. The standard InChI is InChI=1S/C15H26N4O2.3C7H8O3S/c16-6-9-19(10-7-17)11-8-18-12-15(20)21-13-14-4-2-1-3-5-14;3*1-6-2-4-7(5-3-6)11(8,9)10/h1-5,18H,6-13,16-17H2;3*2-5H,1H3,(H,8,9,10). The second kappa shape index (κ2) is 24.4. The molecule has 0 unspecified atom stereocenters. The number of benzene rings is 4. The lowest BCUT2D eigenvalue weighted by Gasteiger charge is -2.20. The van der Waals surface area contributed by atoms with Crippen molar-refractivity contribution < 1.29 is 48.4 Å². The van der Waals surface area contributed by atoms with Gasteiger partial charge in [0.1, 0.15) is 6.61 Å². The van der Waals surface area contributed by atoms with E-state index in [4.69, 9.17) is 29.9 Å². The number of hydrogen-bond acceptors (Lipinski definition) is 12. The molecule has 0 heterocycles. The molecular formula is C36H50N4O11S3. The molecule has 0 radical (unpaired) electrons. The molecular weight excluding hydrogens is 761 g/mol. The van der Waals surface area contributed by atoms with Gasteiger partial charge in [0.2, 0.25) is 0 Å². The van der Waals surface area contributed by atoms with Crippen molar-refractivity contribution in [1.82, 2.24) is 10.2 Å². The van der Waals surface area contributed by atoms with Gasteiger partial charge in [-0.3, -0.25) is 23.4 Å². The van der Waals surface area contributed by atoms with Gasteiger partial charge in [0.05, 0.1) is 21.2 Å². The summed E-state index contributed by atoms with van der Waals surface area (Å²) in [6.45, 7) is 10.4. The minimum atomic E-state index is -4.02. The van der Waals surface area contributed by atoms with Crippen LogP contribution in [-0.4, -0.2) is 95.6 Å². The number of nitrogens with zero attached hydrogens (tertiary/aromatic N) is 1. The van der Waals surface area contributed by atoms with Crippen LogP contribution in [0.3, 0.4) is 0 Å². The number of nitrogens with two attached hydrogens (primary N) is 2. The minimum Gasteiger partial charge on any atom is -0.460 e. The van der Waals surface area contributed by atoms with E-state index in [2.05, 4.69) is 10.2 Å². The van der Waals surface area contributed by atoms with Gasteiger partial charge in [-0.2, -0.15) is 25.3 Å². The van der Waals surface area contributed by atoms with E-state index >= 15 is 0 Å². The number of nitrogens with one attached hydrogen (secondary N) is 1. The summed E-state index contributed by atoms with van der Waals surface area (Å²) in [6.07, 6.45) is 0. The molecule has 15 nitrogen and oxygen atoms in total. The number of carbonyl (C=O) groups is 1. The van der Waals surface area contributed by atoms with E-state index in [0.717, 1.165) is 41.9 Å². The van der Waals surface area contributed by atoms with Gasteiger partial charge in [0.15, 0.2) is 0 Å². The summed E-state index contributed by atoms with van der Waals surface area (Å²) in [4.78, 5) is 13.5. The van der Waals surface area contributed by atoms with E-state index in [1.165, 1.54) is 36.4 Å². The van der Waals surface area contributed by atoms with Crippen molar-refractivity contribution in [2.24, 2.45) is 11.5 Å². The number of hydrogen-bond donors (Lipinski definition) is 6. The fraction of sp³-hybridized carbons (Fsp3) is 0.306. The summed E-state index contributed by atoms with van der Waals surface area (Å²) in [5, 5.41) is 3.07. The maximum absolute atomic E-state index is 11.6. The Kier molecular flexibility index (Phi) is 21.6. The molecule has 0 amide bonds. The SMILES string of the molecule is Cc1ccc(S(=O)(=O)O)cc1.Cc1ccc(S(=O)(=O)O)cc1.Cc1ccc(S(=O)(=O)O)cc1.NCCN(CCN)CCNCC(=O)OCc1ccccc1. The van der Waals surface area contributed by atoms with E-state index in [-0.39, 0.29) is 27.2 Å². The molecule has 0 saturated heterocycles. The predicted octanol–water partition coefficient (Wildman–Crippen LogP) is 3.26. The van der Waals surface area contributed by atoms with Gasteiger partial charge in [-0.15, -0.1) is 0 Å². The second-order valence-corrected chi connectivity index (χ2v) is 15.9. The van der Waals surface area contributed by atoms with Crippen LogP contribution >= 0.6 is 0 Å². The lowest BCUT2D eigenvalue weighted by Crippen LogP contribution is -2.39. The fourth-order valence-electron chi connectivity index (χ4n) is 4.05. The van der Waals surface area contributed by atoms with Gasteiger partial charge in [-0.25, -0.2) is 0 Å². The van der Waals surface area contributed by atoms with Crippen molar-refractivity contribution >= 4 is 36.3 Å². The van der Waals surface area contributed by atoms with Gasteiger partial charge in [-0.05, 0) is 62.7 Å². The summed E-state index contributed by atoms with van der Waals surface area (Å²) < 4.78 is 93.8. The highest BCUT2D eigenvalue weighted by atomic mass is 32.2. The first kappa shape index (κ1) is 47.9. The van der Waals surface area contributed by atoms with Gasteiger partial charge >= 0.3 is 5.97 Å². The quantitative estimate of drug-likeness (QED) is 0.0607. The number of ether oxygens (including phenoxy) is 1. The Balaban J connectivity index is 0.000000379. The first-order valence-electron chi connectivity index (χ1n) is 16.4. The Morgan fingerprint density at radius 3 is 1.26 bits per heavy atom. The summed E-state index contributed by atoms with van der Waals surface area (Å²) in [5.41, 5.74) is 14.9. The van der Waals surface area contributed by atoms with Gasteiger partial charge < -0.3 is 21.5 Å². The molecule has 0 aliphatic rings. The minimum absolute atomic E-state index is 0.0666. The van der Waals surface area contributed by atoms with Crippen LogP contribution in [0, 0.1) is 20.8 Å². The average Bonchev–Trinajstić information content (AvgIpc) is 3.10. The van der Waals surface area contributed by atoms with Crippen molar-refractivity contribution in [2.75, 3.05) is 45.8 Å². The van der Waals surface area contributed by atoms with E-state index in [9.17, 15) is 30.0 Å². The predicted molar refractivity (Wildman–Crippen MR) is 207 cm³/mol. The summed E-state index contributed by atoms with van der Waals surface area (Å²) in [7, 11) is -12.1. The van der Waals surface area contributed by atoms with Crippen molar-refractivity contribution in [2.45, 2.75) is 42.1 Å². The smallest absolute Gasteiger partial charge is 0.320 e. The molecule has 0 atom stereocenters. The molecule has 4 rings (SSSR count). The van der Waals surface area contributed by atoms with Crippen LogP contribution in [-0.2, 0) is 46.5 Å². The van der Waals surface area contributed by atoms with Crippen LogP contribution in [0.15, 0.2) is 118 Å². The van der Waals surface area contributed by atoms with Gasteiger partial charge in [0.25, 0.3) is 30.4 Å². The molecule has 0 fully saturated rings. The maximum Gasteiger partial charge on any atom is 0.320 e. The van der Waals surface area contributed by atoms with Crippen LogP contribution in [0.2, 0.25) is 0 Å². The average molecular weight is 811 g/mol. The topological polar surface area (TPSA) is 257 Å². The third-order valence-corrected chi connectivity index (χ3v) is 9.57. The molecule has 4 aromatic carbocycles. The lowest BCUT2D eigenvalue weighted by molar-refractivity contribution is -0.143. The van der Waals surface area contributed by atoms with E-state index in [1.807, 2.05) is 51.1 Å². The summed E-state index contributed by atoms with van der Waals surface area (Å²) in [6, 6.07) is 27.6. The van der Waals surface area contributed by atoms with Crippen LogP contribution in [0.1, 0.15) is 22.3 Å². The third-order valence-electron chi connectivity index (χ3n) is 6.96. The Labute approximate surface area is 318 Å². The number of aryl methyl sites for hydroxylation is 3. The number of carbonyl (C=O) groups excluding carboxylic acids is 1. The highest BCUT2D eigenvalue weighted by molar-refractivity contribution is 7.86. The van der Waals surface area contributed by atoms with Crippen LogP contribution in [0.4, 0.5) is 0 Å². The normalized spacial score (nSPS) is 11.2. The summed E-state index contributed by atoms with van der Waals surface area (Å²) >= 11 is 0. The summed E-state index contributed by atoms with van der Waals surface area (Å²) in [5.74, 6) is -0.247. The second-order valence-electron chi connectivity index (χ2n) is 11.6. The van der Waals surface area contributed by atoms with E-state index < -0.39 is 30.4 Å². The van der Waals surface area contributed by atoms with Crippen LogP contribution in [0.5, 0.6) is 0 Å². The van der Waals surface area contributed by atoms with Crippen molar-refractivity contribution in [1.29, 1.82) is 0 Å². The molecule has 54 heavy (non-hydrogen) atoms. The van der Waals surface area contributed by atoms with E-state index in [0.29, 0.717) is 26.2 Å². The number of rotatable bonds is 14. The van der Waals surface area contributed by atoms with Crippen molar-refractivity contribution in [3.8, 4) is 0 Å². The molecule has 0 aromatic heterocycles. The van der Waals surface area contributed by atoms with Crippen molar-refractivity contribution in [3.05, 3.63) is 125 Å².